The summed E-state index contributed by atoms with van der Waals surface area (Å²) < 4.78 is 3.95. The van der Waals surface area contributed by atoms with Gasteiger partial charge in [-0.2, -0.15) is 0 Å². The molecule has 0 unspecified atom stereocenters. The molecule has 0 fully saturated rings. The van der Waals surface area contributed by atoms with E-state index < -0.39 is 0 Å². The minimum Gasteiger partial charge on any atom is -0.326 e. The zero-order chi connectivity index (χ0) is 13.1. The van der Waals surface area contributed by atoms with E-state index in [0.717, 1.165) is 18.2 Å². The number of nitrogens with one attached hydrogen (secondary N) is 1. The van der Waals surface area contributed by atoms with Crippen LogP contribution >= 0.6 is 11.6 Å². The van der Waals surface area contributed by atoms with Crippen LogP contribution in [-0.4, -0.2) is 25.1 Å². The van der Waals surface area contributed by atoms with Crippen LogP contribution in [0, 0.1) is 0 Å². The van der Waals surface area contributed by atoms with Crippen molar-refractivity contribution in [3.05, 3.63) is 35.4 Å². The Kier molecular flexibility index (Phi) is 4.04. The molecule has 98 valence electrons. The predicted octanol–water partition coefficient (Wildman–Crippen LogP) is 1.82. The molecule has 0 saturated heterocycles. The third-order valence-electron chi connectivity index (χ3n) is 2.81. The first kappa shape index (κ1) is 13.1. The van der Waals surface area contributed by atoms with Gasteiger partial charge in [-0.1, -0.05) is 25.4 Å². The van der Waals surface area contributed by atoms with Crippen molar-refractivity contribution in [1.29, 1.82) is 0 Å². The van der Waals surface area contributed by atoms with E-state index in [1.807, 2.05) is 24.0 Å². The summed E-state index contributed by atoms with van der Waals surface area (Å²) in [5.41, 5.74) is 0. The van der Waals surface area contributed by atoms with E-state index in [2.05, 4.69) is 33.7 Å². The highest BCUT2D eigenvalue weighted by molar-refractivity contribution is 6.29. The van der Waals surface area contributed by atoms with Crippen molar-refractivity contribution in [2.24, 2.45) is 7.05 Å². The molecule has 0 aliphatic rings. The molecule has 2 aromatic heterocycles. The molecular weight excluding hydrogens is 250 g/mol. The van der Waals surface area contributed by atoms with Crippen LogP contribution in [0.25, 0.3) is 0 Å². The lowest BCUT2D eigenvalue weighted by Crippen LogP contribution is -2.24. The first-order valence-electron chi connectivity index (χ1n) is 5.97. The molecule has 0 aliphatic heterocycles. The number of nitrogens with zero attached hydrogens (tertiary/aromatic N) is 4. The smallest absolute Gasteiger partial charge is 0.129 e. The van der Waals surface area contributed by atoms with Gasteiger partial charge in [0.1, 0.15) is 16.8 Å². The maximum Gasteiger partial charge on any atom is 0.129 e. The second-order valence-corrected chi connectivity index (χ2v) is 4.95. The van der Waals surface area contributed by atoms with Gasteiger partial charge in [-0.3, -0.25) is 0 Å². The van der Waals surface area contributed by atoms with Crippen molar-refractivity contribution in [2.75, 3.05) is 0 Å². The van der Waals surface area contributed by atoms with Gasteiger partial charge < -0.3 is 14.5 Å². The topological polar surface area (TPSA) is 47.7 Å². The lowest BCUT2D eigenvalue weighted by atomic mass is 10.4. The summed E-state index contributed by atoms with van der Waals surface area (Å²) >= 11 is 5.98. The summed E-state index contributed by atoms with van der Waals surface area (Å²) in [6.07, 6.45) is 5.43. The fraction of sp³-hybridized carbons (Fsp3) is 0.500. The molecule has 0 aromatic carbocycles. The molecule has 1 N–H and O–H groups in total. The molecule has 6 heteroatoms. The minimum absolute atomic E-state index is 0.442. The number of imidazole rings is 2. The van der Waals surface area contributed by atoms with E-state index in [-0.39, 0.29) is 0 Å². The largest absolute Gasteiger partial charge is 0.326 e. The highest BCUT2D eigenvalue weighted by atomic mass is 35.5. The van der Waals surface area contributed by atoms with Gasteiger partial charge >= 0.3 is 0 Å². The van der Waals surface area contributed by atoms with E-state index in [4.69, 9.17) is 11.6 Å². The van der Waals surface area contributed by atoms with Crippen LogP contribution in [0.1, 0.15) is 25.5 Å². The third-order valence-corrected chi connectivity index (χ3v) is 3.16. The summed E-state index contributed by atoms with van der Waals surface area (Å²) in [5.74, 6) is 1.92. The average molecular weight is 268 g/mol. The van der Waals surface area contributed by atoms with E-state index in [1.165, 1.54) is 0 Å². The number of hydrogen-bond donors (Lipinski definition) is 1. The number of halogens is 1. The molecule has 5 nitrogen and oxygen atoms in total. The zero-order valence-electron chi connectivity index (χ0n) is 10.9. The Morgan fingerprint density at radius 2 is 2.11 bits per heavy atom. The second kappa shape index (κ2) is 5.54. The van der Waals surface area contributed by atoms with Gasteiger partial charge in [0.15, 0.2) is 0 Å². The lowest BCUT2D eigenvalue weighted by molar-refractivity contribution is 0.549. The second-order valence-electron chi connectivity index (χ2n) is 4.56. The molecule has 0 saturated carbocycles. The average Bonchev–Trinajstić information content (AvgIpc) is 2.88. The van der Waals surface area contributed by atoms with Crippen molar-refractivity contribution < 1.29 is 0 Å². The minimum atomic E-state index is 0.442. The van der Waals surface area contributed by atoms with Gasteiger partial charge in [-0.05, 0) is 0 Å². The molecule has 2 heterocycles. The molecule has 2 aromatic rings. The molecule has 18 heavy (non-hydrogen) atoms. The van der Waals surface area contributed by atoms with Crippen LogP contribution in [0.2, 0.25) is 5.15 Å². The van der Waals surface area contributed by atoms with E-state index in [1.54, 1.807) is 6.20 Å². The Bertz CT molecular complexity index is 514. The van der Waals surface area contributed by atoms with Crippen LogP contribution in [0.3, 0.4) is 0 Å². The zero-order valence-corrected chi connectivity index (χ0v) is 11.6. The number of rotatable bonds is 5. The molecule has 0 spiro atoms. The number of hydrogen-bond acceptors (Lipinski definition) is 3. The van der Waals surface area contributed by atoms with Crippen molar-refractivity contribution in [2.45, 2.75) is 33.0 Å². The Morgan fingerprint density at radius 3 is 2.72 bits per heavy atom. The normalized spacial score (nSPS) is 11.4. The summed E-state index contributed by atoms with van der Waals surface area (Å²) in [6.45, 7) is 5.67. The first-order chi connectivity index (χ1) is 8.58. The Labute approximate surface area is 112 Å². The number of aromatic nitrogens is 4. The van der Waals surface area contributed by atoms with Crippen molar-refractivity contribution >= 4 is 11.6 Å². The van der Waals surface area contributed by atoms with Gasteiger partial charge in [0, 0.05) is 25.5 Å². The monoisotopic (exact) mass is 267 g/mol. The summed E-state index contributed by atoms with van der Waals surface area (Å²) in [7, 11) is 1.91. The highest BCUT2D eigenvalue weighted by Gasteiger charge is 2.08. The molecule has 0 bridgehead atoms. The Morgan fingerprint density at radius 1 is 1.33 bits per heavy atom. The SMILES string of the molecule is CC(C)NCc1nccn1Cc1ncc(Cl)n1C. The van der Waals surface area contributed by atoms with Crippen LogP contribution in [-0.2, 0) is 20.1 Å². The van der Waals surface area contributed by atoms with Gasteiger partial charge in [-0.15, -0.1) is 0 Å². The van der Waals surface area contributed by atoms with Gasteiger partial charge in [0.2, 0.25) is 0 Å². The fourth-order valence-electron chi connectivity index (χ4n) is 1.67. The first-order valence-corrected chi connectivity index (χ1v) is 6.35. The summed E-state index contributed by atoms with van der Waals surface area (Å²) in [6, 6.07) is 0.442. The molecule has 0 aliphatic carbocycles. The van der Waals surface area contributed by atoms with Crippen molar-refractivity contribution in [3.8, 4) is 0 Å². The quantitative estimate of drug-likeness (QED) is 0.899. The van der Waals surface area contributed by atoms with Gasteiger partial charge in [0.25, 0.3) is 0 Å². The molecule has 2 rings (SSSR count). The van der Waals surface area contributed by atoms with Crippen molar-refractivity contribution in [1.82, 2.24) is 24.4 Å². The standard InChI is InChI=1S/C12H18ClN5/c1-9(2)15-7-11-14-4-5-18(11)8-12-16-6-10(13)17(12)3/h4-6,9,15H,7-8H2,1-3H3. The van der Waals surface area contributed by atoms with E-state index in [9.17, 15) is 0 Å². The fourth-order valence-corrected chi connectivity index (χ4v) is 1.82. The van der Waals surface area contributed by atoms with Gasteiger partial charge in [0.05, 0.1) is 19.3 Å². The van der Waals surface area contributed by atoms with E-state index in [0.29, 0.717) is 17.7 Å². The van der Waals surface area contributed by atoms with Crippen LogP contribution < -0.4 is 5.32 Å². The highest BCUT2D eigenvalue weighted by Crippen LogP contribution is 2.11. The Hall–Kier alpha value is -1.33. The lowest BCUT2D eigenvalue weighted by Gasteiger charge is -2.10. The maximum atomic E-state index is 5.98. The van der Waals surface area contributed by atoms with E-state index >= 15 is 0 Å². The molecule has 0 atom stereocenters. The molecule has 0 radical (unpaired) electrons. The molecule has 0 amide bonds. The van der Waals surface area contributed by atoms with Crippen molar-refractivity contribution in [3.63, 3.8) is 0 Å². The third kappa shape index (κ3) is 2.91. The molecular formula is C12H18ClN5. The Balaban J connectivity index is 2.10. The van der Waals surface area contributed by atoms with Crippen LogP contribution in [0.5, 0.6) is 0 Å². The summed E-state index contributed by atoms with van der Waals surface area (Å²) in [4.78, 5) is 8.64. The van der Waals surface area contributed by atoms with Crippen LogP contribution in [0.4, 0.5) is 0 Å². The predicted molar refractivity (Wildman–Crippen MR) is 71.5 cm³/mol. The van der Waals surface area contributed by atoms with Gasteiger partial charge in [-0.25, -0.2) is 9.97 Å². The summed E-state index contributed by atoms with van der Waals surface area (Å²) in [5, 5.41) is 4.00. The van der Waals surface area contributed by atoms with Crippen LogP contribution in [0.15, 0.2) is 18.6 Å². The maximum absolute atomic E-state index is 5.98.